The third-order valence-electron chi connectivity index (χ3n) is 4.24. The lowest BCUT2D eigenvalue weighted by Gasteiger charge is -2.09. The van der Waals surface area contributed by atoms with Crippen LogP contribution < -0.4 is 4.74 Å². The Bertz CT molecular complexity index is 1060. The highest BCUT2D eigenvalue weighted by Gasteiger charge is 2.09. The van der Waals surface area contributed by atoms with Crippen LogP contribution >= 0.6 is 0 Å². The van der Waals surface area contributed by atoms with Crippen LogP contribution in [0.15, 0.2) is 95.4 Å². The summed E-state index contributed by atoms with van der Waals surface area (Å²) in [6.45, 7) is 0.475. The van der Waals surface area contributed by atoms with E-state index in [1.54, 1.807) is 12.1 Å². The lowest BCUT2D eigenvalue weighted by molar-refractivity contribution is 0.102. The maximum atomic E-state index is 12.5. The molecule has 132 valence electrons. The molecule has 0 bridgehead atoms. The van der Waals surface area contributed by atoms with Crippen LogP contribution in [0.4, 0.5) is 0 Å². The van der Waals surface area contributed by atoms with Gasteiger partial charge in [-0.15, -0.1) is 0 Å². The number of benzene rings is 3. The molecule has 0 fully saturated rings. The predicted octanol–water partition coefficient (Wildman–Crippen LogP) is 5.91. The second kappa shape index (κ2) is 7.75. The number of fused-ring (bicyclic) bond motifs is 1. The molecular formula is C24H18O3. The van der Waals surface area contributed by atoms with Crippen molar-refractivity contribution < 1.29 is 13.9 Å². The summed E-state index contributed by atoms with van der Waals surface area (Å²) in [4.78, 5) is 12.5. The van der Waals surface area contributed by atoms with Crippen molar-refractivity contribution in [2.75, 3.05) is 0 Å². The maximum absolute atomic E-state index is 12.5. The summed E-state index contributed by atoms with van der Waals surface area (Å²) in [6.07, 6.45) is 3.28. The Hall–Kier alpha value is -3.59. The highest BCUT2D eigenvalue weighted by molar-refractivity contribution is 6.07. The monoisotopic (exact) mass is 354 g/mol. The summed E-state index contributed by atoms with van der Waals surface area (Å²) in [5.41, 5.74) is 2.65. The van der Waals surface area contributed by atoms with E-state index in [9.17, 15) is 4.79 Å². The zero-order chi connectivity index (χ0) is 18.5. The fraction of sp³-hybridized carbons (Fsp3) is 0.0417. The minimum absolute atomic E-state index is 0.177. The van der Waals surface area contributed by atoms with Crippen molar-refractivity contribution in [2.45, 2.75) is 6.61 Å². The standard InChI is InChI=1S/C24H18O3/c25-21(24-16-20-11-5-7-13-23(20)27-24)15-14-19-10-4-6-12-22(19)26-17-18-8-2-1-3-9-18/h1-16H,17H2/b15-14+. The quantitative estimate of drug-likeness (QED) is 0.319. The molecule has 1 aromatic heterocycles. The van der Waals surface area contributed by atoms with Crippen LogP contribution in [-0.4, -0.2) is 5.78 Å². The van der Waals surface area contributed by atoms with Crippen molar-refractivity contribution in [1.82, 2.24) is 0 Å². The Morgan fingerprint density at radius 3 is 2.48 bits per heavy atom. The zero-order valence-corrected chi connectivity index (χ0v) is 14.7. The van der Waals surface area contributed by atoms with Crippen LogP contribution in [0.2, 0.25) is 0 Å². The molecule has 3 heteroatoms. The molecule has 3 nitrogen and oxygen atoms in total. The minimum atomic E-state index is -0.177. The van der Waals surface area contributed by atoms with Crippen molar-refractivity contribution in [3.63, 3.8) is 0 Å². The number of para-hydroxylation sites is 2. The number of hydrogen-bond acceptors (Lipinski definition) is 3. The van der Waals surface area contributed by atoms with Crippen molar-refractivity contribution in [3.8, 4) is 5.75 Å². The Morgan fingerprint density at radius 1 is 0.889 bits per heavy atom. The normalized spacial score (nSPS) is 11.1. The van der Waals surface area contributed by atoms with Gasteiger partial charge in [0.1, 0.15) is 17.9 Å². The van der Waals surface area contributed by atoms with E-state index in [0.717, 1.165) is 22.3 Å². The Morgan fingerprint density at radius 2 is 1.63 bits per heavy atom. The molecule has 0 spiro atoms. The first-order valence-electron chi connectivity index (χ1n) is 8.76. The minimum Gasteiger partial charge on any atom is -0.488 e. The molecular weight excluding hydrogens is 336 g/mol. The average molecular weight is 354 g/mol. The summed E-state index contributed by atoms with van der Waals surface area (Å²) < 4.78 is 11.5. The van der Waals surface area contributed by atoms with Gasteiger partial charge in [0.2, 0.25) is 5.78 Å². The molecule has 0 saturated heterocycles. The van der Waals surface area contributed by atoms with Crippen LogP contribution in [-0.2, 0) is 6.61 Å². The van der Waals surface area contributed by atoms with Crippen LogP contribution in [0, 0.1) is 0 Å². The number of rotatable bonds is 6. The maximum Gasteiger partial charge on any atom is 0.221 e. The van der Waals surface area contributed by atoms with E-state index in [1.165, 1.54) is 6.08 Å². The number of furan rings is 1. The lowest BCUT2D eigenvalue weighted by atomic mass is 10.1. The molecule has 4 aromatic rings. The molecule has 0 aliphatic heterocycles. The van der Waals surface area contributed by atoms with Gasteiger partial charge in [-0.05, 0) is 35.9 Å². The second-order valence-electron chi connectivity index (χ2n) is 6.16. The van der Waals surface area contributed by atoms with E-state index in [2.05, 4.69) is 0 Å². The molecule has 0 saturated carbocycles. The van der Waals surface area contributed by atoms with Crippen LogP contribution in [0.3, 0.4) is 0 Å². The Kier molecular flexibility index (Phi) is 4.84. The number of ketones is 1. The summed E-state index contributed by atoms with van der Waals surface area (Å²) >= 11 is 0. The van der Waals surface area contributed by atoms with Gasteiger partial charge >= 0.3 is 0 Å². The van der Waals surface area contributed by atoms with Crippen molar-refractivity contribution in [3.05, 3.63) is 108 Å². The largest absolute Gasteiger partial charge is 0.488 e. The Balaban J connectivity index is 1.50. The van der Waals surface area contributed by atoms with E-state index in [0.29, 0.717) is 18.0 Å². The first kappa shape index (κ1) is 16.9. The van der Waals surface area contributed by atoms with Crippen LogP contribution in [0.1, 0.15) is 21.7 Å². The molecule has 0 aliphatic carbocycles. The summed E-state index contributed by atoms with van der Waals surface area (Å²) in [6, 6.07) is 27.0. The molecule has 0 N–H and O–H groups in total. The SMILES string of the molecule is O=C(/C=C/c1ccccc1OCc1ccccc1)c1cc2ccccc2o1. The molecule has 3 aromatic carbocycles. The summed E-state index contributed by atoms with van der Waals surface area (Å²) in [5.74, 6) is 0.884. The first-order valence-corrected chi connectivity index (χ1v) is 8.76. The lowest BCUT2D eigenvalue weighted by Crippen LogP contribution is -1.97. The van der Waals surface area contributed by atoms with Gasteiger partial charge < -0.3 is 9.15 Å². The molecule has 4 rings (SSSR count). The number of hydrogen-bond donors (Lipinski definition) is 0. The molecule has 1 heterocycles. The fourth-order valence-electron chi connectivity index (χ4n) is 2.84. The van der Waals surface area contributed by atoms with Gasteiger partial charge in [-0.1, -0.05) is 66.7 Å². The van der Waals surface area contributed by atoms with Crippen molar-refractivity contribution in [2.24, 2.45) is 0 Å². The van der Waals surface area contributed by atoms with Gasteiger partial charge in [0, 0.05) is 10.9 Å². The molecule has 0 amide bonds. The topological polar surface area (TPSA) is 39.4 Å². The van der Waals surface area contributed by atoms with E-state index in [4.69, 9.17) is 9.15 Å². The molecule has 0 radical (unpaired) electrons. The van der Waals surface area contributed by atoms with E-state index in [-0.39, 0.29) is 5.78 Å². The molecule has 0 atom stereocenters. The number of carbonyl (C=O) groups is 1. The second-order valence-corrected chi connectivity index (χ2v) is 6.16. The fourth-order valence-corrected chi connectivity index (χ4v) is 2.84. The van der Waals surface area contributed by atoms with Gasteiger partial charge in [-0.25, -0.2) is 0 Å². The molecule has 0 aliphatic rings. The number of ether oxygens (including phenoxy) is 1. The zero-order valence-electron chi connectivity index (χ0n) is 14.7. The smallest absolute Gasteiger partial charge is 0.221 e. The molecule has 0 unspecified atom stereocenters. The van der Waals surface area contributed by atoms with E-state index >= 15 is 0 Å². The van der Waals surface area contributed by atoms with E-state index in [1.807, 2.05) is 78.9 Å². The van der Waals surface area contributed by atoms with Gasteiger partial charge in [-0.2, -0.15) is 0 Å². The number of carbonyl (C=O) groups excluding carboxylic acids is 1. The third kappa shape index (κ3) is 3.98. The third-order valence-corrected chi connectivity index (χ3v) is 4.24. The van der Waals surface area contributed by atoms with Crippen molar-refractivity contribution >= 4 is 22.8 Å². The van der Waals surface area contributed by atoms with Crippen LogP contribution in [0.5, 0.6) is 5.75 Å². The first-order chi connectivity index (χ1) is 13.3. The summed E-state index contributed by atoms with van der Waals surface area (Å²) in [7, 11) is 0. The van der Waals surface area contributed by atoms with E-state index < -0.39 is 0 Å². The van der Waals surface area contributed by atoms with Gasteiger partial charge in [-0.3, -0.25) is 4.79 Å². The average Bonchev–Trinajstić information content (AvgIpc) is 3.16. The highest BCUT2D eigenvalue weighted by Crippen LogP contribution is 2.23. The van der Waals surface area contributed by atoms with Gasteiger partial charge in [0.15, 0.2) is 5.76 Å². The highest BCUT2D eigenvalue weighted by atomic mass is 16.5. The van der Waals surface area contributed by atoms with Crippen molar-refractivity contribution in [1.29, 1.82) is 0 Å². The summed E-state index contributed by atoms with van der Waals surface area (Å²) in [5, 5.41) is 0.917. The van der Waals surface area contributed by atoms with Crippen LogP contribution in [0.25, 0.3) is 17.0 Å². The van der Waals surface area contributed by atoms with Gasteiger partial charge in [0.05, 0.1) is 0 Å². The predicted molar refractivity (Wildman–Crippen MR) is 107 cm³/mol. The Labute approximate surface area is 157 Å². The molecule has 27 heavy (non-hydrogen) atoms. The number of allylic oxidation sites excluding steroid dienone is 1. The van der Waals surface area contributed by atoms with Gasteiger partial charge in [0.25, 0.3) is 0 Å².